The van der Waals surface area contributed by atoms with Gasteiger partial charge in [0.05, 0.1) is 28.7 Å². The molecule has 41 heavy (non-hydrogen) atoms. The quantitative estimate of drug-likeness (QED) is 0.379. The molecule has 3 aliphatic rings. The van der Waals surface area contributed by atoms with Gasteiger partial charge >= 0.3 is 5.97 Å². The lowest BCUT2D eigenvalue weighted by Gasteiger charge is -2.30. The number of hydrogen-bond acceptors (Lipinski definition) is 6. The third kappa shape index (κ3) is 4.84. The summed E-state index contributed by atoms with van der Waals surface area (Å²) in [4.78, 5) is 12.5. The standard InChI is InChI=1S/C31H35BrN4O4S/c1-18-13-22-7-9-23(32)15-29(22)41(39,40)36(17-18)27-11-8-20-5-6-21(14-26(20)27)25(16-30(37)38)24-10-12-28-31(19(24)2)35(4)33-34(28)3/h5-7,9-10,12,14-15,18,25,27,33H,8,11,13,16-17H2,1-4H3,(H,37,38). The van der Waals surface area contributed by atoms with Gasteiger partial charge in [-0.3, -0.25) is 14.8 Å². The summed E-state index contributed by atoms with van der Waals surface area (Å²) in [6.45, 7) is 4.59. The van der Waals surface area contributed by atoms with Gasteiger partial charge in [-0.25, -0.2) is 8.42 Å². The molecule has 0 spiro atoms. The van der Waals surface area contributed by atoms with Crippen molar-refractivity contribution in [3.63, 3.8) is 0 Å². The molecule has 0 amide bonds. The van der Waals surface area contributed by atoms with Crippen LogP contribution in [0.15, 0.2) is 57.9 Å². The van der Waals surface area contributed by atoms with Crippen LogP contribution in [0.1, 0.15) is 65.1 Å². The lowest BCUT2D eigenvalue weighted by Crippen LogP contribution is -2.39. The van der Waals surface area contributed by atoms with Gasteiger partial charge in [0, 0.05) is 31.0 Å². The van der Waals surface area contributed by atoms with E-state index in [1.54, 1.807) is 10.4 Å². The number of nitrogens with one attached hydrogen (secondary N) is 1. The largest absolute Gasteiger partial charge is 0.481 e. The Morgan fingerprint density at radius 3 is 2.61 bits per heavy atom. The van der Waals surface area contributed by atoms with Crippen LogP contribution in [0.2, 0.25) is 0 Å². The third-order valence-corrected chi connectivity index (χ3v) is 11.3. The van der Waals surface area contributed by atoms with Crippen molar-refractivity contribution in [3.05, 3.63) is 86.4 Å². The molecule has 0 fully saturated rings. The van der Waals surface area contributed by atoms with Gasteiger partial charge in [-0.15, -0.1) is 5.53 Å². The van der Waals surface area contributed by atoms with Gasteiger partial charge in [-0.1, -0.05) is 53.2 Å². The first-order valence-electron chi connectivity index (χ1n) is 14.0. The minimum atomic E-state index is -3.74. The maximum atomic E-state index is 14.1. The molecule has 0 saturated heterocycles. The molecule has 0 saturated carbocycles. The van der Waals surface area contributed by atoms with Crippen LogP contribution in [0.5, 0.6) is 0 Å². The summed E-state index contributed by atoms with van der Waals surface area (Å²) in [7, 11) is 0.161. The van der Waals surface area contributed by atoms with E-state index in [0.29, 0.717) is 24.3 Å². The Morgan fingerprint density at radius 1 is 1.10 bits per heavy atom. The number of sulfonamides is 1. The maximum absolute atomic E-state index is 14.1. The van der Waals surface area contributed by atoms with Crippen LogP contribution in [-0.4, -0.2) is 44.4 Å². The number of aliphatic carboxylic acids is 1. The van der Waals surface area contributed by atoms with Gasteiger partial charge < -0.3 is 5.11 Å². The van der Waals surface area contributed by atoms with Crippen LogP contribution in [0, 0.1) is 12.8 Å². The molecule has 216 valence electrons. The summed E-state index contributed by atoms with van der Waals surface area (Å²) in [6, 6.07) is 15.5. The second-order valence-electron chi connectivity index (χ2n) is 11.7. The number of carboxylic acid groups (broad SMARTS) is 1. The summed E-state index contributed by atoms with van der Waals surface area (Å²) >= 11 is 3.47. The van der Waals surface area contributed by atoms with E-state index in [9.17, 15) is 18.3 Å². The highest BCUT2D eigenvalue weighted by Gasteiger charge is 2.40. The van der Waals surface area contributed by atoms with Crippen molar-refractivity contribution in [2.24, 2.45) is 5.92 Å². The molecule has 3 aromatic carbocycles. The van der Waals surface area contributed by atoms with E-state index >= 15 is 0 Å². The molecule has 0 aromatic heterocycles. The normalized spacial score (nSPS) is 22.2. The summed E-state index contributed by atoms with van der Waals surface area (Å²) in [5.74, 6) is -1.08. The van der Waals surface area contributed by atoms with Crippen molar-refractivity contribution >= 4 is 43.3 Å². The predicted molar refractivity (Wildman–Crippen MR) is 164 cm³/mol. The average molecular weight is 640 g/mol. The molecule has 6 rings (SSSR count). The zero-order valence-electron chi connectivity index (χ0n) is 23.7. The number of halogens is 1. The van der Waals surface area contributed by atoms with Crippen molar-refractivity contribution in [2.75, 3.05) is 30.7 Å². The smallest absolute Gasteiger partial charge is 0.304 e. The average Bonchev–Trinajstić information content (AvgIpc) is 3.43. The Labute approximate surface area is 250 Å². The van der Waals surface area contributed by atoms with E-state index in [1.807, 2.05) is 61.4 Å². The molecule has 3 atom stereocenters. The Kier molecular flexibility index (Phi) is 7.17. The first kappa shape index (κ1) is 28.2. The zero-order valence-corrected chi connectivity index (χ0v) is 26.1. The van der Waals surface area contributed by atoms with Crippen LogP contribution in [0.4, 0.5) is 11.4 Å². The van der Waals surface area contributed by atoms with Crippen LogP contribution in [0.25, 0.3) is 0 Å². The van der Waals surface area contributed by atoms with Crippen molar-refractivity contribution in [1.82, 2.24) is 9.84 Å². The molecule has 0 radical (unpaired) electrons. The Bertz CT molecular complexity index is 1660. The molecular weight excluding hydrogens is 604 g/mol. The molecule has 10 heteroatoms. The summed E-state index contributed by atoms with van der Waals surface area (Å²) < 4.78 is 30.7. The molecule has 3 unspecified atom stereocenters. The number of fused-ring (bicyclic) bond motifs is 3. The van der Waals surface area contributed by atoms with Gasteiger partial charge in [-0.05, 0) is 83.7 Å². The molecule has 1 aliphatic carbocycles. The van der Waals surface area contributed by atoms with Gasteiger partial charge in [0.15, 0.2) is 0 Å². The SMILES string of the molecule is Cc1c(C(CC(=O)O)c2ccc3c(c2)C(N2CC(C)Cc4ccc(Br)cc4S2(=O)=O)CC3)ccc2c1N(C)NN2C. The van der Waals surface area contributed by atoms with E-state index < -0.39 is 16.0 Å². The number of hydrogen-bond donors (Lipinski definition) is 2. The van der Waals surface area contributed by atoms with Crippen LogP contribution in [-0.2, 0) is 27.7 Å². The maximum Gasteiger partial charge on any atom is 0.304 e. The van der Waals surface area contributed by atoms with Gasteiger partial charge in [0.1, 0.15) is 0 Å². The highest BCUT2D eigenvalue weighted by molar-refractivity contribution is 9.10. The number of nitrogens with zero attached hydrogens (tertiary/aromatic N) is 3. The molecular formula is C31H35BrN4O4S. The highest BCUT2D eigenvalue weighted by atomic mass is 79.9. The van der Waals surface area contributed by atoms with Crippen LogP contribution in [0.3, 0.4) is 0 Å². The predicted octanol–water partition coefficient (Wildman–Crippen LogP) is 5.54. The third-order valence-electron chi connectivity index (χ3n) is 8.84. The van der Waals surface area contributed by atoms with E-state index in [1.165, 1.54) is 0 Å². The van der Waals surface area contributed by atoms with E-state index in [-0.39, 0.29) is 24.3 Å². The van der Waals surface area contributed by atoms with Crippen molar-refractivity contribution < 1.29 is 18.3 Å². The second-order valence-corrected chi connectivity index (χ2v) is 14.4. The first-order valence-corrected chi connectivity index (χ1v) is 16.2. The minimum absolute atomic E-state index is 0.0590. The van der Waals surface area contributed by atoms with E-state index in [4.69, 9.17) is 0 Å². The van der Waals surface area contributed by atoms with Crippen molar-refractivity contribution in [2.45, 2.75) is 56.4 Å². The van der Waals surface area contributed by atoms with Crippen LogP contribution < -0.4 is 15.6 Å². The minimum Gasteiger partial charge on any atom is -0.481 e. The van der Waals surface area contributed by atoms with E-state index in [0.717, 1.165) is 55.6 Å². The fraction of sp³-hybridized carbons (Fsp3) is 0.387. The summed E-state index contributed by atoms with van der Waals surface area (Å²) in [5, 5.41) is 13.8. The van der Waals surface area contributed by atoms with Crippen molar-refractivity contribution in [3.8, 4) is 0 Å². The molecule has 3 aromatic rings. The fourth-order valence-corrected chi connectivity index (χ4v) is 9.53. The lowest BCUT2D eigenvalue weighted by atomic mass is 9.84. The van der Waals surface area contributed by atoms with Gasteiger partial charge in [0.2, 0.25) is 10.0 Å². The monoisotopic (exact) mass is 638 g/mol. The number of anilines is 2. The number of rotatable bonds is 5. The first-order chi connectivity index (χ1) is 19.5. The number of benzene rings is 3. The van der Waals surface area contributed by atoms with E-state index in [2.05, 4.69) is 40.5 Å². The summed E-state index contributed by atoms with van der Waals surface area (Å²) in [5.41, 5.74) is 11.2. The Balaban J connectivity index is 1.43. The number of aryl methyl sites for hydroxylation is 1. The molecule has 2 aliphatic heterocycles. The second kappa shape index (κ2) is 10.4. The topological polar surface area (TPSA) is 93.2 Å². The molecule has 0 bridgehead atoms. The Morgan fingerprint density at radius 2 is 1.85 bits per heavy atom. The molecule has 2 N–H and O–H groups in total. The number of hydrazine groups is 2. The van der Waals surface area contributed by atoms with Gasteiger partial charge in [-0.2, -0.15) is 4.31 Å². The Hall–Kier alpha value is -2.92. The number of carbonyl (C=O) groups is 1. The highest BCUT2D eigenvalue weighted by Crippen LogP contribution is 2.45. The van der Waals surface area contributed by atoms with Crippen molar-refractivity contribution in [1.29, 1.82) is 0 Å². The zero-order chi connectivity index (χ0) is 29.2. The number of carboxylic acids is 1. The molecule has 2 heterocycles. The van der Waals surface area contributed by atoms with Gasteiger partial charge in [0.25, 0.3) is 0 Å². The van der Waals surface area contributed by atoms with Crippen LogP contribution >= 0.6 is 15.9 Å². The molecule has 8 nitrogen and oxygen atoms in total. The fourth-order valence-electron chi connectivity index (χ4n) is 7.00. The lowest BCUT2D eigenvalue weighted by molar-refractivity contribution is -0.137. The summed E-state index contributed by atoms with van der Waals surface area (Å²) in [6.07, 6.45) is 2.14.